The molecule has 0 aliphatic carbocycles. The van der Waals surface area contributed by atoms with Crippen molar-refractivity contribution in [1.29, 1.82) is 0 Å². The van der Waals surface area contributed by atoms with Crippen molar-refractivity contribution in [1.82, 2.24) is 0 Å². The normalized spacial score (nSPS) is 10.8. The molecule has 0 aliphatic heterocycles. The molecule has 62 valence electrons. The first-order valence-electron chi connectivity index (χ1n) is 3.65. The number of fused-ring (bicyclic) bond motifs is 1. The largest absolute Gasteiger partial charge is 0.398 e. The van der Waals surface area contributed by atoms with Gasteiger partial charge < -0.3 is 5.73 Å². The summed E-state index contributed by atoms with van der Waals surface area (Å²) in [5, 5.41) is 3.05. The average Bonchev–Trinajstić information content (AvgIpc) is 2.31. The second-order valence-corrected chi connectivity index (χ2v) is 4.24. The molecule has 0 amide bonds. The fourth-order valence-electron chi connectivity index (χ4n) is 1.30. The molecule has 0 unspecified atom stereocenters. The van der Waals surface area contributed by atoms with E-state index in [0.717, 1.165) is 16.0 Å². The Morgan fingerprint density at radius 1 is 1.42 bits per heavy atom. The highest BCUT2D eigenvalue weighted by Gasteiger charge is 2.04. The van der Waals surface area contributed by atoms with E-state index in [1.165, 1.54) is 10.3 Å². The monoisotopic (exact) mass is 195 g/mol. The van der Waals surface area contributed by atoms with E-state index in [1.807, 2.05) is 11.4 Å². The molecule has 0 radical (unpaired) electrons. The number of hydrogen-bond acceptors (Lipinski definition) is 3. The van der Waals surface area contributed by atoms with Crippen molar-refractivity contribution >= 4 is 39.7 Å². The lowest BCUT2D eigenvalue weighted by Crippen LogP contribution is -1.82. The summed E-state index contributed by atoms with van der Waals surface area (Å²) in [7, 11) is 0. The van der Waals surface area contributed by atoms with Crippen molar-refractivity contribution < 1.29 is 0 Å². The lowest BCUT2D eigenvalue weighted by molar-refractivity contribution is 1.43. The van der Waals surface area contributed by atoms with Gasteiger partial charge in [0.05, 0.1) is 5.69 Å². The first kappa shape index (κ1) is 7.95. The van der Waals surface area contributed by atoms with Crippen LogP contribution in [0, 0.1) is 6.92 Å². The number of thiol groups is 1. The van der Waals surface area contributed by atoms with Gasteiger partial charge in [-0.15, -0.1) is 24.0 Å². The van der Waals surface area contributed by atoms with Gasteiger partial charge in [-0.1, -0.05) is 0 Å². The third-order valence-corrected chi connectivity index (χ3v) is 3.13. The van der Waals surface area contributed by atoms with E-state index in [2.05, 4.69) is 25.6 Å². The van der Waals surface area contributed by atoms with E-state index >= 15 is 0 Å². The van der Waals surface area contributed by atoms with Crippen LogP contribution in [0.15, 0.2) is 22.4 Å². The minimum atomic E-state index is 0.833. The number of rotatable bonds is 0. The third kappa shape index (κ3) is 1.09. The molecule has 1 aromatic carbocycles. The maximum absolute atomic E-state index is 5.79. The predicted molar refractivity (Wildman–Crippen MR) is 58.2 cm³/mol. The summed E-state index contributed by atoms with van der Waals surface area (Å²) in [6.07, 6.45) is 0. The first-order valence-corrected chi connectivity index (χ1v) is 4.97. The van der Waals surface area contributed by atoms with E-state index in [9.17, 15) is 0 Å². The van der Waals surface area contributed by atoms with Crippen LogP contribution in [0.5, 0.6) is 0 Å². The number of anilines is 1. The zero-order valence-electron chi connectivity index (χ0n) is 6.66. The van der Waals surface area contributed by atoms with E-state index in [-0.39, 0.29) is 0 Å². The molecule has 12 heavy (non-hydrogen) atoms. The Hall–Kier alpha value is -0.670. The highest BCUT2D eigenvalue weighted by atomic mass is 32.1. The Labute approximate surface area is 80.6 Å². The quantitative estimate of drug-likeness (QED) is 0.621. The van der Waals surface area contributed by atoms with Crippen LogP contribution >= 0.6 is 24.0 Å². The lowest BCUT2D eigenvalue weighted by Gasteiger charge is -1.98. The van der Waals surface area contributed by atoms with Gasteiger partial charge >= 0.3 is 0 Å². The minimum absolute atomic E-state index is 0.833. The Morgan fingerprint density at radius 3 is 2.92 bits per heavy atom. The molecule has 2 N–H and O–H groups in total. The summed E-state index contributed by atoms with van der Waals surface area (Å²) < 4.78 is 1.22. The third-order valence-electron chi connectivity index (χ3n) is 1.83. The average molecular weight is 195 g/mol. The van der Waals surface area contributed by atoms with E-state index < -0.39 is 0 Å². The SMILES string of the molecule is Cc1cc(S)c2c(N)csc2c1. The topological polar surface area (TPSA) is 26.0 Å². The van der Waals surface area contributed by atoms with Crippen molar-refractivity contribution in [2.24, 2.45) is 0 Å². The zero-order valence-corrected chi connectivity index (χ0v) is 8.38. The fraction of sp³-hybridized carbons (Fsp3) is 0.111. The van der Waals surface area contributed by atoms with Gasteiger partial charge in [0.2, 0.25) is 0 Å². The summed E-state index contributed by atoms with van der Waals surface area (Å²) >= 11 is 6.05. The molecule has 0 saturated heterocycles. The number of nitrogens with two attached hydrogens (primary N) is 1. The molecule has 0 atom stereocenters. The number of hydrogen-bond donors (Lipinski definition) is 2. The standard InChI is InChI=1S/C9H9NS2/c1-5-2-7(11)9-6(10)4-12-8(9)3-5/h2-4,11H,10H2,1H3. The first-order chi connectivity index (χ1) is 5.68. The van der Waals surface area contributed by atoms with Gasteiger partial charge in [0.25, 0.3) is 0 Å². The van der Waals surface area contributed by atoms with Crippen LogP contribution < -0.4 is 5.73 Å². The zero-order chi connectivity index (χ0) is 8.72. The van der Waals surface area contributed by atoms with Gasteiger partial charge in [-0.25, -0.2) is 0 Å². The molecule has 1 heterocycles. The Bertz CT molecular complexity index is 431. The van der Waals surface area contributed by atoms with Gasteiger partial charge in [0.1, 0.15) is 0 Å². The van der Waals surface area contributed by atoms with Crippen molar-refractivity contribution in [3.05, 3.63) is 23.1 Å². The molecule has 3 heteroatoms. The number of nitrogen functional groups attached to an aromatic ring is 1. The molecule has 2 aromatic rings. The highest BCUT2D eigenvalue weighted by molar-refractivity contribution is 7.80. The lowest BCUT2D eigenvalue weighted by atomic mass is 10.2. The molecule has 0 bridgehead atoms. The molecule has 1 nitrogen and oxygen atoms in total. The second-order valence-electron chi connectivity index (χ2n) is 2.85. The summed E-state index contributed by atoms with van der Waals surface area (Å²) in [6, 6.07) is 4.17. The molecular formula is C9H9NS2. The van der Waals surface area contributed by atoms with Crippen LogP contribution in [-0.2, 0) is 0 Å². The summed E-state index contributed by atoms with van der Waals surface area (Å²) in [4.78, 5) is 0.976. The summed E-state index contributed by atoms with van der Waals surface area (Å²) in [6.45, 7) is 2.06. The second kappa shape index (κ2) is 2.68. The summed E-state index contributed by atoms with van der Waals surface area (Å²) in [5.74, 6) is 0. The summed E-state index contributed by atoms with van der Waals surface area (Å²) in [5.41, 5.74) is 7.85. The number of aryl methyl sites for hydroxylation is 1. The van der Waals surface area contributed by atoms with E-state index in [1.54, 1.807) is 11.3 Å². The number of thiophene rings is 1. The number of benzene rings is 1. The van der Waals surface area contributed by atoms with Crippen molar-refractivity contribution in [3.8, 4) is 0 Å². The van der Waals surface area contributed by atoms with E-state index in [0.29, 0.717) is 0 Å². The van der Waals surface area contributed by atoms with Crippen LogP contribution in [0.1, 0.15) is 5.56 Å². The van der Waals surface area contributed by atoms with Crippen molar-refractivity contribution in [2.75, 3.05) is 5.73 Å². The Kier molecular flexibility index (Phi) is 1.77. The van der Waals surface area contributed by atoms with E-state index in [4.69, 9.17) is 5.73 Å². The maximum atomic E-state index is 5.79. The van der Waals surface area contributed by atoms with Crippen LogP contribution in [0.4, 0.5) is 5.69 Å². The molecule has 0 fully saturated rings. The molecule has 0 saturated carbocycles. The Morgan fingerprint density at radius 2 is 2.17 bits per heavy atom. The molecule has 2 rings (SSSR count). The van der Waals surface area contributed by atoms with Gasteiger partial charge in [-0.05, 0) is 24.6 Å². The molecule has 1 aromatic heterocycles. The maximum Gasteiger partial charge on any atom is 0.0514 e. The van der Waals surface area contributed by atoms with Gasteiger partial charge in [0, 0.05) is 20.4 Å². The minimum Gasteiger partial charge on any atom is -0.398 e. The van der Waals surface area contributed by atoms with Crippen LogP contribution in [0.3, 0.4) is 0 Å². The van der Waals surface area contributed by atoms with Gasteiger partial charge in [-0.2, -0.15) is 0 Å². The predicted octanol–water partition coefficient (Wildman–Crippen LogP) is 3.08. The highest BCUT2D eigenvalue weighted by Crippen LogP contribution is 2.33. The van der Waals surface area contributed by atoms with Crippen molar-refractivity contribution in [3.63, 3.8) is 0 Å². The smallest absolute Gasteiger partial charge is 0.0514 e. The van der Waals surface area contributed by atoms with Gasteiger partial charge in [-0.3, -0.25) is 0 Å². The van der Waals surface area contributed by atoms with Crippen LogP contribution in [0.25, 0.3) is 10.1 Å². The molecule has 0 aliphatic rings. The van der Waals surface area contributed by atoms with Crippen LogP contribution in [-0.4, -0.2) is 0 Å². The molecule has 0 spiro atoms. The fourth-order valence-corrected chi connectivity index (χ4v) is 2.80. The molecular weight excluding hydrogens is 186 g/mol. The Balaban J connectivity index is 2.93. The van der Waals surface area contributed by atoms with Crippen LogP contribution in [0.2, 0.25) is 0 Å². The van der Waals surface area contributed by atoms with Gasteiger partial charge in [0.15, 0.2) is 0 Å². The van der Waals surface area contributed by atoms with Crippen molar-refractivity contribution in [2.45, 2.75) is 11.8 Å².